The second-order valence-corrected chi connectivity index (χ2v) is 4.43. The summed E-state index contributed by atoms with van der Waals surface area (Å²) in [5.74, 6) is 0.777. The van der Waals surface area contributed by atoms with Gasteiger partial charge in [-0.15, -0.1) is 0 Å². The summed E-state index contributed by atoms with van der Waals surface area (Å²) in [4.78, 5) is 17.6. The smallest absolute Gasteiger partial charge is 0.246 e. The van der Waals surface area contributed by atoms with Crippen LogP contribution in [0.25, 0.3) is 0 Å². The molecule has 1 atom stereocenters. The number of carbonyl (C=O) groups is 1. The van der Waals surface area contributed by atoms with Crippen LogP contribution in [0.1, 0.15) is 18.5 Å². The van der Waals surface area contributed by atoms with Crippen molar-refractivity contribution in [2.24, 2.45) is 0 Å². The number of hydrogen-bond donors (Lipinski definition) is 0. The summed E-state index contributed by atoms with van der Waals surface area (Å²) in [7, 11) is 0. The van der Waals surface area contributed by atoms with Gasteiger partial charge < -0.3 is 9.64 Å². The van der Waals surface area contributed by atoms with Gasteiger partial charge in [0.15, 0.2) is 0 Å². The molecule has 1 fully saturated rings. The molecule has 0 spiro atoms. The average molecular weight is 246 g/mol. The van der Waals surface area contributed by atoms with E-state index < -0.39 is 0 Å². The molecule has 18 heavy (non-hydrogen) atoms. The van der Waals surface area contributed by atoms with E-state index >= 15 is 0 Å². The zero-order chi connectivity index (χ0) is 13.0. The first kappa shape index (κ1) is 12.6. The summed E-state index contributed by atoms with van der Waals surface area (Å²) < 4.78 is 5.75. The first-order chi connectivity index (χ1) is 8.72. The van der Waals surface area contributed by atoms with E-state index in [1.165, 1.54) is 6.08 Å². The van der Waals surface area contributed by atoms with E-state index in [0.29, 0.717) is 6.61 Å². The lowest BCUT2D eigenvalue weighted by atomic mass is 10.2. The largest absolute Gasteiger partial charge is 0.490 e. The zero-order valence-electron chi connectivity index (χ0n) is 10.6. The maximum absolute atomic E-state index is 11.6. The summed E-state index contributed by atoms with van der Waals surface area (Å²) in [5.41, 5.74) is 0.872. The minimum atomic E-state index is -0.0102. The highest BCUT2D eigenvalue weighted by Gasteiger charge is 2.27. The molecule has 0 aliphatic carbocycles. The lowest BCUT2D eigenvalue weighted by molar-refractivity contribution is -0.127. The van der Waals surface area contributed by atoms with E-state index in [1.807, 2.05) is 24.0 Å². The lowest BCUT2D eigenvalue weighted by Gasteiger charge is -2.23. The summed E-state index contributed by atoms with van der Waals surface area (Å²) in [6.45, 7) is 6.76. The van der Waals surface area contributed by atoms with Crippen molar-refractivity contribution >= 4 is 5.91 Å². The van der Waals surface area contributed by atoms with Gasteiger partial charge in [-0.05, 0) is 38.0 Å². The number of pyridine rings is 1. The van der Waals surface area contributed by atoms with E-state index in [4.69, 9.17) is 4.74 Å². The molecular weight excluding hydrogens is 228 g/mol. The molecule has 0 radical (unpaired) electrons. The summed E-state index contributed by atoms with van der Waals surface area (Å²) in [6.07, 6.45) is 5.12. The first-order valence-electron chi connectivity index (χ1n) is 6.20. The highest BCUT2D eigenvalue weighted by molar-refractivity contribution is 5.87. The zero-order valence-corrected chi connectivity index (χ0v) is 10.6. The Bertz CT molecular complexity index is 445. The standard InChI is InChI=1S/C14H18N2O2/c1-3-14(17)16-9-5-6-12(16)10-18-13-7-4-8-15-11(13)2/h3-4,7-8,12H,1,5-6,9-10H2,2H3. The normalized spacial score (nSPS) is 18.7. The van der Waals surface area contributed by atoms with Gasteiger partial charge in [0, 0.05) is 12.7 Å². The quantitative estimate of drug-likeness (QED) is 0.762. The number of hydrogen-bond acceptors (Lipinski definition) is 3. The van der Waals surface area contributed by atoms with Crippen LogP contribution < -0.4 is 4.74 Å². The van der Waals surface area contributed by atoms with Crippen molar-refractivity contribution in [3.8, 4) is 5.75 Å². The Hall–Kier alpha value is -1.84. The molecule has 4 heteroatoms. The first-order valence-corrected chi connectivity index (χ1v) is 6.20. The Labute approximate surface area is 107 Å². The Morgan fingerprint density at radius 3 is 3.28 bits per heavy atom. The van der Waals surface area contributed by atoms with Crippen molar-refractivity contribution in [3.63, 3.8) is 0 Å². The molecule has 1 saturated heterocycles. The molecule has 2 heterocycles. The molecule has 1 aliphatic rings. The van der Waals surface area contributed by atoms with Crippen LogP contribution in [0.4, 0.5) is 0 Å². The van der Waals surface area contributed by atoms with E-state index in [0.717, 1.165) is 30.8 Å². The van der Waals surface area contributed by atoms with Crippen molar-refractivity contribution in [1.29, 1.82) is 0 Å². The van der Waals surface area contributed by atoms with Gasteiger partial charge in [-0.25, -0.2) is 0 Å². The molecule has 4 nitrogen and oxygen atoms in total. The third-order valence-electron chi connectivity index (χ3n) is 3.22. The van der Waals surface area contributed by atoms with E-state index in [1.54, 1.807) is 6.20 Å². The molecule has 0 saturated carbocycles. The van der Waals surface area contributed by atoms with Gasteiger partial charge in [-0.1, -0.05) is 6.58 Å². The van der Waals surface area contributed by atoms with Crippen LogP contribution in [0, 0.1) is 6.92 Å². The van der Waals surface area contributed by atoms with Crippen LogP contribution in [-0.4, -0.2) is 35.0 Å². The van der Waals surface area contributed by atoms with Gasteiger partial charge in [0.25, 0.3) is 0 Å². The van der Waals surface area contributed by atoms with Crippen molar-refractivity contribution in [2.75, 3.05) is 13.2 Å². The van der Waals surface area contributed by atoms with Crippen LogP contribution in [0.3, 0.4) is 0 Å². The van der Waals surface area contributed by atoms with Crippen molar-refractivity contribution in [3.05, 3.63) is 36.7 Å². The van der Waals surface area contributed by atoms with Crippen LogP contribution in [0.5, 0.6) is 5.75 Å². The number of ether oxygens (including phenoxy) is 1. The molecule has 2 rings (SSSR count). The van der Waals surface area contributed by atoms with Crippen molar-refractivity contribution in [2.45, 2.75) is 25.8 Å². The fourth-order valence-corrected chi connectivity index (χ4v) is 2.22. The lowest BCUT2D eigenvalue weighted by Crippen LogP contribution is -2.38. The molecule has 0 aromatic carbocycles. The number of rotatable bonds is 4. The molecular formula is C14H18N2O2. The highest BCUT2D eigenvalue weighted by atomic mass is 16.5. The Balaban J connectivity index is 1.96. The predicted molar refractivity (Wildman–Crippen MR) is 69.4 cm³/mol. The van der Waals surface area contributed by atoms with Crippen LogP contribution >= 0.6 is 0 Å². The second kappa shape index (κ2) is 5.67. The van der Waals surface area contributed by atoms with Crippen LogP contribution in [0.15, 0.2) is 31.0 Å². The Morgan fingerprint density at radius 1 is 1.72 bits per heavy atom. The van der Waals surface area contributed by atoms with Gasteiger partial charge in [0.05, 0.1) is 11.7 Å². The molecule has 96 valence electrons. The molecule has 1 aliphatic heterocycles. The van der Waals surface area contributed by atoms with Gasteiger partial charge in [0.2, 0.25) is 5.91 Å². The fourth-order valence-electron chi connectivity index (χ4n) is 2.22. The van der Waals surface area contributed by atoms with Crippen LogP contribution in [0.2, 0.25) is 0 Å². The van der Waals surface area contributed by atoms with Crippen LogP contribution in [-0.2, 0) is 4.79 Å². The van der Waals surface area contributed by atoms with Crippen molar-refractivity contribution in [1.82, 2.24) is 9.88 Å². The number of likely N-dealkylation sites (tertiary alicyclic amines) is 1. The fraction of sp³-hybridized carbons (Fsp3) is 0.429. The minimum Gasteiger partial charge on any atom is -0.490 e. The third kappa shape index (κ3) is 2.70. The van der Waals surface area contributed by atoms with Gasteiger partial charge in [0.1, 0.15) is 12.4 Å². The predicted octanol–water partition coefficient (Wildman–Crippen LogP) is 1.95. The second-order valence-electron chi connectivity index (χ2n) is 4.43. The maximum Gasteiger partial charge on any atom is 0.246 e. The van der Waals surface area contributed by atoms with E-state index in [9.17, 15) is 4.79 Å². The summed E-state index contributed by atoms with van der Waals surface area (Å²) >= 11 is 0. The Morgan fingerprint density at radius 2 is 2.56 bits per heavy atom. The number of carbonyl (C=O) groups excluding carboxylic acids is 1. The third-order valence-corrected chi connectivity index (χ3v) is 3.22. The monoisotopic (exact) mass is 246 g/mol. The molecule has 1 aromatic rings. The molecule has 0 bridgehead atoms. The molecule has 0 N–H and O–H groups in total. The molecule has 1 amide bonds. The number of aromatic nitrogens is 1. The molecule has 1 aromatic heterocycles. The van der Waals surface area contributed by atoms with Gasteiger partial charge >= 0.3 is 0 Å². The number of nitrogens with zero attached hydrogens (tertiary/aromatic N) is 2. The number of amides is 1. The van der Waals surface area contributed by atoms with Gasteiger partial charge in [-0.2, -0.15) is 0 Å². The van der Waals surface area contributed by atoms with E-state index in [2.05, 4.69) is 11.6 Å². The highest BCUT2D eigenvalue weighted by Crippen LogP contribution is 2.20. The van der Waals surface area contributed by atoms with E-state index in [-0.39, 0.29) is 11.9 Å². The Kier molecular flexibility index (Phi) is 3.97. The van der Waals surface area contributed by atoms with Gasteiger partial charge in [-0.3, -0.25) is 9.78 Å². The molecule has 1 unspecified atom stereocenters. The SMILES string of the molecule is C=CC(=O)N1CCCC1COc1cccnc1C. The number of aryl methyl sites for hydroxylation is 1. The average Bonchev–Trinajstić information content (AvgIpc) is 2.85. The summed E-state index contributed by atoms with van der Waals surface area (Å²) in [6, 6.07) is 3.90. The maximum atomic E-state index is 11.6. The van der Waals surface area contributed by atoms with Crippen molar-refractivity contribution < 1.29 is 9.53 Å². The summed E-state index contributed by atoms with van der Waals surface area (Å²) in [5, 5.41) is 0. The topological polar surface area (TPSA) is 42.4 Å². The minimum absolute atomic E-state index is 0.0102.